The molecule has 3 heterocycles. The Morgan fingerprint density at radius 3 is 2.46 bits per heavy atom. The summed E-state index contributed by atoms with van der Waals surface area (Å²) in [4.78, 5) is 42.8. The first-order chi connectivity index (χ1) is 19.9. The monoisotopic (exact) mass is 557 g/mol. The van der Waals surface area contributed by atoms with E-state index >= 15 is 0 Å². The largest absolute Gasteiger partial charge is 0.508 e. The Morgan fingerprint density at radius 2 is 1.73 bits per heavy atom. The predicted octanol–water partition coefficient (Wildman–Crippen LogP) is 3.02. The quantitative estimate of drug-likeness (QED) is 0.322. The van der Waals surface area contributed by atoms with E-state index in [-0.39, 0.29) is 41.2 Å². The van der Waals surface area contributed by atoms with Gasteiger partial charge >= 0.3 is 0 Å². The third-order valence-electron chi connectivity index (χ3n) is 7.06. The van der Waals surface area contributed by atoms with E-state index in [1.165, 1.54) is 24.8 Å². The number of carbonyl (C=O) groups excluding carboxylic acids is 3. The first-order valence-corrected chi connectivity index (χ1v) is 13.4. The lowest BCUT2D eigenvalue weighted by Crippen LogP contribution is -2.54. The molecule has 0 spiro atoms. The van der Waals surface area contributed by atoms with Gasteiger partial charge in [-0.3, -0.25) is 14.4 Å². The van der Waals surface area contributed by atoms with Gasteiger partial charge in [0.2, 0.25) is 11.5 Å². The molecule has 1 fully saturated rings. The lowest BCUT2D eigenvalue weighted by molar-refractivity contribution is 0.0882. The molecule has 1 aliphatic carbocycles. The molecule has 2 amide bonds. The predicted molar refractivity (Wildman–Crippen MR) is 150 cm³/mol. The third kappa shape index (κ3) is 6.64. The van der Waals surface area contributed by atoms with Crippen LogP contribution in [0.15, 0.2) is 90.1 Å². The fraction of sp³-hybridized carbons (Fsp3) is 0.267. The molecule has 6 N–H and O–H groups in total. The van der Waals surface area contributed by atoms with Crippen LogP contribution in [0.1, 0.15) is 56.8 Å². The fourth-order valence-electron chi connectivity index (χ4n) is 4.82. The van der Waals surface area contributed by atoms with Gasteiger partial charge in [0, 0.05) is 35.0 Å². The maximum absolute atomic E-state index is 13.1. The van der Waals surface area contributed by atoms with Gasteiger partial charge in [0.05, 0.1) is 12.1 Å². The SMILES string of the molecule is Nc1cc(C(=O)N[C@@H]2CNCCC[C@H]2NC(=O)c2ccc(C(=O)C3=COC(C4=C(O)C=CCC4)=CO3)cc2)ccn1. The number of carbonyl (C=O) groups is 3. The van der Waals surface area contributed by atoms with Gasteiger partial charge in [-0.05, 0) is 62.6 Å². The zero-order chi connectivity index (χ0) is 28.8. The van der Waals surface area contributed by atoms with E-state index in [2.05, 4.69) is 20.9 Å². The van der Waals surface area contributed by atoms with Gasteiger partial charge in [0.25, 0.3) is 11.8 Å². The molecule has 0 unspecified atom stereocenters. The summed E-state index contributed by atoms with van der Waals surface area (Å²) >= 11 is 0. The summed E-state index contributed by atoms with van der Waals surface area (Å²) in [7, 11) is 0. The van der Waals surface area contributed by atoms with Gasteiger partial charge in [0.1, 0.15) is 24.1 Å². The number of nitrogens with two attached hydrogens (primary N) is 1. The number of nitrogens with zero attached hydrogens (tertiary/aromatic N) is 1. The number of allylic oxidation sites excluding steroid dienone is 4. The van der Waals surface area contributed by atoms with Crippen molar-refractivity contribution in [1.29, 1.82) is 0 Å². The number of benzene rings is 1. The molecule has 41 heavy (non-hydrogen) atoms. The molecule has 0 radical (unpaired) electrons. The van der Waals surface area contributed by atoms with E-state index in [1.807, 2.05) is 6.08 Å². The molecule has 2 aromatic rings. The van der Waals surface area contributed by atoms with Crippen LogP contribution in [0.25, 0.3) is 0 Å². The first kappa shape index (κ1) is 27.7. The number of aliphatic hydroxyl groups is 1. The summed E-state index contributed by atoms with van der Waals surface area (Å²) in [6, 6.07) is 8.64. The molecule has 1 aromatic heterocycles. The highest BCUT2D eigenvalue weighted by molar-refractivity contribution is 6.08. The van der Waals surface area contributed by atoms with E-state index in [9.17, 15) is 19.5 Å². The third-order valence-corrected chi connectivity index (χ3v) is 7.06. The maximum Gasteiger partial charge on any atom is 0.251 e. The van der Waals surface area contributed by atoms with Crippen molar-refractivity contribution in [3.63, 3.8) is 0 Å². The summed E-state index contributed by atoms with van der Waals surface area (Å²) < 4.78 is 11.1. The molecule has 1 saturated heterocycles. The van der Waals surface area contributed by atoms with Crippen LogP contribution in [0.3, 0.4) is 0 Å². The van der Waals surface area contributed by atoms with Crippen molar-refractivity contribution < 1.29 is 29.0 Å². The number of ketones is 1. The van der Waals surface area contributed by atoms with Crippen molar-refractivity contribution >= 4 is 23.4 Å². The van der Waals surface area contributed by atoms with Crippen LogP contribution >= 0.6 is 0 Å². The van der Waals surface area contributed by atoms with Crippen molar-refractivity contribution in [2.75, 3.05) is 18.8 Å². The average molecular weight is 558 g/mol. The smallest absolute Gasteiger partial charge is 0.251 e. The van der Waals surface area contributed by atoms with Crippen molar-refractivity contribution in [3.05, 3.63) is 107 Å². The van der Waals surface area contributed by atoms with Gasteiger partial charge in [0.15, 0.2) is 5.76 Å². The number of rotatable bonds is 7. The van der Waals surface area contributed by atoms with Crippen LogP contribution in [-0.4, -0.2) is 52.9 Å². The summed E-state index contributed by atoms with van der Waals surface area (Å²) in [5.41, 5.74) is 7.40. The van der Waals surface area contributed by atoms with Crippen molar-refractivity contribution in [1.82, 2.24) is 20.9 Å². The standard InChI is InChI=1S/C30H31N5O6/c31-27-14-20(11-13-33-27)30(39)35-23-15-32-12-3-5-22(23)34-29(38)19-9-7-18(8-10-19)28(37)26-17-40-25(16-41-26)21-4-1-2-6-24(21)36/h2,6-11,13-14,16-17,22-23,32,36H,1,3-5,12,15H2,(H2,31,33)(H,34,38)(H,35,39)/t22-,23-/m1/s1. The second-order valence-electron chi connectivity index (χ2n) is 9.89. The van der Waals surface area contributed by atoms with Gasteiger partial charge in [-0.1, -0.05) is 18.2 Å². The molecule has 5 rings (SSSR count). The Balaban J connectivity index is 1.20. The van der Waals surface area contributed by atoms with Crippen molar-refractivity contribution in [2.24, 2.45) is 0 Å². The van der Waals surface area contributed by atoms with E-state index in [1.54, 1.807) is 36.4 Å². The van der Waals surface area contributed by atoms with Gasteiger partial charge in [-0.25, -0.2) is 4.98 Å². The maximum atomic E-state index is 13.1. The normalized spacial score (nSPS) is 20.5. The minimum Gasteiger partial charge on any atom is -0.508 e. The van der Waals surface area contributed by atoms with Crippen molar-refractivity contribution in [3.8, 4) is 0 Å². The van der Waals surface area contributed by atoms with Crippen LogP contribution in [0, 0.1) is 0 Å². The molecule has 11 nitrogen and oxygen atoms in total. The summed E-state index contributed by atoms with van der Waals surface area (Å²) in [5, 5.41) is 19.4. The molecule has 11 heteroatoms. The summed E-state index contributed by atoms with van der Waals surface area (Å²) in [5.74, 6) is -0.342. The second kappa shape index (κ2) is 12.5. The number of aromatic nitrogens is 1. The summed E-state index contributed by atoms with van der Waals surface area (Å²) in [6.45, 7) is 1.26. The Bertz CT molecular complexity index is 1460. The molecule has 2 aliphatic heterocycles. The van der Waals surface area contributed by atoms with Gasteiger partial charge in [-0.15, -0.1) is 0 Å². The Labute approximate surface area is 236 Å². The van der Waals surface area contributed by atoms with Gasteiger partial charge in [-0.2, -0.15) is 0 Å². The number of hydrogen-bond acceptors (Lipinski definition) is 9. The fourth-order valence-corrected chi connectivity index (χ4v) is 4.82. The minimum absolute atomic E-state index is 0.0158. The number of nitrogens with one attached hydrogen (secondary N) is 3. The van der Waals surface area contributed by atoms with Crippen LogP contribution in [0.5, 0.6) is 0 Å². The summed E-state index contributed by atoms with van der Waals surface area (Å²) in [6.07, 6.45) is 10.3. The van der Waals surface area contributed by atoms with Crippen LogP contribution < -0.4 is 21.7 Å². The second-order valence-corrected chi connectivity index (χ2v) is 9.89. The van der Waals surface area contributed by atoms with Crippen LogP contribution in [0.2, 0.25) is 0 Å². The molecular weight excluding hydrogens is 526 g/mol. The van der Waals surface area contributed by atoms with Crippen LogP contribution in [0.4, 0.5) is 5.82 Å². The number of nitrogen functional groups attached to an aromatic ring is 1. The van der Waals surface area contributed by atoms with E-state index in [4.69, 9.17) is 15.2 Å². The first-order valence-electron chi connectivity index (χ1n) is 13.4. The molecule has 1 aromatic carbocycles. The molecule has 2 atom stereocenters. The number of aliphatic hydroxyl groups excluding tert-OH is 1. The van der Waals surface area contributed by atoms with E-state index in [0.29, 0.717) is 47.4 Å². The van der Waals surface area contributed by atoms with E-state index < -0.39 is 5.78 Å². The van der Waals surface area contributed by atoms with Crippen molar-refractivity contribution in [2.45, 2.75) is 37.8 Å². The lowest BCUT2D eigenvalue weighted by atomic mass is 10.0. The highest BCUT2D eigenvalue weighted by Crippen LogP contribution is 2.28. The number of pyridine rings is 1. The molecule has 3 aliphatic rings. The molecule has 0 saturated carbocycles. The zero-order valence-corrected chi connectivity index (χ0v) is 22.3. The topological polar surface area (TPSA) is 165 Å². The van der Waals surface area contributed by atoms with Gasteiger partial charge < -0.3 is 36.3 Å². The minimum atomic E-state index is -0.414. The average Bonchev–Trinajstić information content (AvgIpc) is 3.21. The highest BCUT2D eigenvalue weighted by atomic mass is 16.5. The zero-order valence-electron chi connectivity index (χ0n) is 22.3. The number of hydrogen-bond donors (Lipinski definition) is 5. The number of Topliss-reactive ketones (excluding diaryl/α,β-unsaturated/α-hetero) is 1. The Kier molecular flexibility index (Phi) is 8.44. The Morgan fingerprint density at radius 1 is 0.976 bits per heavy atom. The molecule has 0 bridgehead atoms. The number of anilines is 1. The molecular formula is C30H31N5O6. The Hall–Kier alpha value is -4.90. The highest BCUT2D eigenvalue weighted by Gasteiger charge is 2.28. The molecule has 212 valence electrons. The number of amides is 2. The number of ether oxygens (including phenoxy) is 2. The van der Waals surface area contributed by atoms with E-state index in [0.717, 1.165) is 19.4 Å². The lowest BCUT2D eigenvalue weighted by Gasteiger charge is -2.27. The van der Waals surface area contributed by atoms with Crippen LogP contribution in [-0.2, 0) is 9.47 Å².